The van der Waals surface area contributed by atoms with Crippen molar-refractivity contribution in [1.29, 1.82) is 0 Å². The van der Waals surface area contributed by atoms with E-state index in [1.807, 2.05) is 0 Å². The van der Waals surface area contributed by atoms with Gasteiger partial charge in [0.2, 0.25) is 10.0 Å². The smallest absolute Gasteiger partial charge is 0.338 e. The predicted octanol–water partition coefficient (Wildman–Crippen LogP) is 1.48. The first-order valence-electron chi connectivity index (χ1n) is 9.45. The summed E-state index contributed by atoms with van der Waals surface area (Å²) < 4.78 is 37.1. The maximum Gasteiger partial charge on any atom is 0.338 e. The fraction of sp³-hybridized carbons (Fsp3) is 0.579. The van der Waals surface area contributed by atoms with Crippen LogP contribution in [-0.4, -0.2) is 63.6 Å². The molecule has 1 heterocycles. The Morgan fingerprint density at radius 1 is 1.29 bits per heavy atom. The van der Waals surface area contributed by atoms with E-state index in [0.717, 1.165) is 12.8 Å². The second-order valence-electron chi connectivity index (χ2n) is 6.58. The minimum Gasteiger partial charge on any atom is -0.452 e. The van der Waals surface area contributed by atoms with Gasteiger partial charge in [-0.2, -0.15) is 4.31 Å². The summed E-state index contributed by atoms with van der Waals surface area (Å²) in [5, 5.41) is 2.67. The van der Waals surface area contributed by atoms with E-state index in [0.29, 0.717) is 31.8 Å². The summed E-state index contributed by atoms with van der Waals surface area (Å²) in [6.07, 6.45) is 1.87. The molecule has 2 rings (SSSR count). The Balaban J connectivity index is 2.01. The molecule has 0 bridgehead atoms. The Labute approximate surface area is 166 Å². The van der Waals surface area contributed by atoms with Crippen LogP contribution in [0.5, 0.6) is 0 Å². The molecule has 0 radical (unpaired) electrons. The molecule has 0 spiro atoms. The lowest BCUT2D eigenvalue weighted by Gasteiger charge is -2.19. The predicted molar refractivity (Wildman–Crippen MR) is 104 cm³/mol. The molecule has 156 valence electrons. The molecule has 9 heteroatoms. The van der Waals surface area contributed by atoms with Gasteiger partial charge in [-0.05, 0) is 37.5 Å². The zero-order valence-electron chi connectivity index (χ0n) is 16.6. The van der Waals surface area contributed by atoms with Gasteiger partial charge in [0.25, 0.3) is 5.91 Å². The van der Waals surface area contributed by atoms with Gasteiger partial charge in [0, 0.05) is 26.2 Å². The lowest BCUT2D eigenvalue weighted by atomic mass is 10.1. The largest absolute Gasteiger partial charge is 0.452 e. The van der Waals surface area contributed by atoms with Crippen molar-refractivity contribution in [1.82, 2.24) is 9.62 Å². The van der Waals surface area contributed by atoms with Crippen molar-refractivity contribution in [3.05, 3.63) is 29.3 Å². The number of esters is 1. The van der Waals surface area contributed by atoms with Gasteiger partial charge in [0.1, 0.15) is 0 Å². The molecule has 1 atom stereocenters. The first-order valence-corrected chi connectivity index (χ1v) is 10.9. The molecule has 0 aromatic heterocycles. The van der Waals surface area contributed by atoms with Crippen LogP contribution < -0.4 is 5.32 Å². The normalized spacial score (nSPS) is 16.9. The van der Waals surface area contributed by atoms with Gasteiger partial charge in [-0.1, -0.05) is 19.9 Å². The van der Waals surface area contributed by atoms with Gasteiger partial charge in [0.05, 0.1) is 16.6 Å². The third-order valence-electron chi connectivity index (χ3n) is 4.66. The highest BCUT2D eigenvalue weighted by atomic mass is 32.2. The number of carbonyl (C=O) groups is 2. The van der Waals surface area contributed by atoms with Crippen LogP contribution in [-0.2, 0) is 24.3 Å². The van der Waals surface area contributed by atoms with Crippen molar-refractivity contribution in [2.75, 3.05) is 32.8 Å². The van der Waals surface area contributed by atoms with Gasteiger partial charge in [0.15, 0.2) is 6.61 Å². The number of rotatable bonds is 9. The van der Waals surface area contributed by atoms with E-state index in [2.05, 4.69) is 5.32 Å². The summed E-state index contributed by atoms with van der Waals surface area (Å²) in [5.74, 6) is -1.16. The van der Waals surface area contributed by atoms with Gasteiger partial charge in [-0.15, -0.1) is 0 Å². The number of sulfonamides is 1. The molecule has 0 aliphatic carbocycles. The Morgan fingerprint density at radius 3 is 2.61 bits per heavy atom. The topological polar surface area (TPSA) is 102 Å². The molecular formula is C19H28N2O6S. The van der Waals surface area contributed by atoms with E-state index in [4.69, 9.17) is 9.47 Å². The number of ether oxygens (including phenoxy) is 2. The summed E-state index contributed by atoms with van der Waals surface area (Å²) in [6.45, 7) is 6.49. The molecule has 1 fully saturated rings. The summed E-state index contributed by atoms with van der Waals surface area (Å²) in [4.78, 5) is 24.3. The van der Waals surface area contributed by atoms with E-state index >= 15 is 0 Å². The average molecular weight is 413 g/mol. The molecule has 1 aromatic rings. The van der Waals surface area contributed by atoms with E-state index in [1.165, 1.54) is 16.4 Å². The monoisotopic (exact) mass is 412 g/mol. The molecule has 1 saturated heterocycles. The van der Waals surface area contributed by atoms with Crippen molar-refractivity contribution in [3.63, 3.8) is 0 Å². The van der Waals surface area contributed by atoms with Crippen LogP contribution in [0.1, 0.15) is 42.6 Å². The Kier molecular flexibility index (Phi) is 7.97. The first kappa shape index (κ1) is 22.3. The quantitative estimate of drug-likeness (QED) is 0.617. The van der Waals surface area contributed by atoms with Crippen LogP contribution in [0.2, 0.25) is 0 Å². The van der Waals surface area contributed by atoms with Gasteiger partial charge < -0.3 is 14.8 Å². The van der Waals surface area contributed by atoms with Crippen LogP contribution >= 0.6 is 0 Å². The van der Waals surface area contributed by atoms with Crippen molar-refractivity contribution >= 4 is 21.9 Å². The molecule has 0 unspecified atom stereocenters. The second kappa shape index (κ2) is 9.99. The van der Waals surface area contributed by atoms with Crippen molar-refractivity contribution in [2.45, 2.75) is 44.6 Å². The Morgan fingerprint density at radius 2 is 2.00 bits per heavy atom. The maximum absolute atomic E-state index is 12.7. The molecule has 0 saturated carbocycles. The molecular weight excluding hydrogens is 384 g/mol. The van der Waals surface area contributed by atoms with Crippen molar-refractivity contribution < 1.29 is 27.5 Å². The summed E-state index contributed by atoms with van der Waals surface area (Å²) in [7, 11) is -3.69. The van der Waals surface area contributed by atoms with E-state index < -0.39 is 28.5 Å². The van der Waals surface area contributed by atoms with E-state index in [-0.39, 0.29) is 16.6 Å². The average Bonchev–Trinajstić information content (AvgIpc) is 3.19. The van der Waals surface area contributed by atoms with Crippen LogP contribution in [0.25, 0.3) is 0 Å². The van der Waals surface area contributed by atoms with Gasteiger partial charge in [-0.25, -0.2) is 13.2 Å². The number of amides is 1. The number of hydrogen-bond donors (Lipinski definition) is 1. The van der Waals surface area contributed by atoms with Crippen molar-refractivity contribution in [2.24, 2.45) is 0 Å². The highest BCUT2D eigenvalue weighted by Crippen LogP contribution is 2.20. The molecule has 1 aliphatic rings. The summed E-state index contributed by atoms with van der Waals surface area (Å²) >= 11 is 0. The van der Waals surface area contributed by atoms with Crippen molar-refractivity contribution in [3.8, 4) is 0 Å². The molecule has 1 amide bonds. The fourth-order valence-corrected chi connectivity index (χ4v) is 4.47. The van der Waals surface area contributed by atoms with Crippen LogP contribution in [0, 0.1) is 6.92 Å². The minimum atomic E-state index is -3.69. The van der Waals surface area contributed by atoms with Gasteiger partial charge in [-0.3, -0.25) is 4.79 Å². The third kappa shape index (κ3) is 5.52. The fourth-order valence-electron chi connectivity index (χ4n) is 2.99. The zero-order chi connectivity index (χ0) is 20.7. The standard InChI is InChI=1S/C19H28N2O6S/c1-4-21(5-2)28(24,25)16-9-8-14(3)17(11-16)19(23)27-13-18(22)20-12-15-7-6-10-26-15/h8-9,11,15H,4-7,10,12-13H2,1-3H3,(H,20,22)/t15-/m0/s1. The minimum absolute atomic E-state index is 0.00358. The third-order valence-corrected chi connectivity index (χ3v) is 6.70. The second-order valence-corrected chi connectivity index (χ2v) is 8.52. The van der Waals surface area contributed by atoms with Crippen LogP contribution in [0.3, 0.4) is 0 Å². The Bertz CT molecular complexity index is 799. The SMILES string of the molecule is CCN(CC)S(=O)(=O)c1ccc(C)c(C(=O)OCC(=O)NC[C@@H]2CCCO2)c1. The zero-order valence-corrected chi connectivity index (χ0v) is 17.4. The lowest BCUT2D eigenvalue weighted by Crippen LogP contribution is -2.35. The maximum atomic E-state index is 12.7. The molecule has 1 aliphatic heterocycles. The number of nitrogens with zero attached hydrogens (tertiary/aromatic N) is 1. The summed E-state index contributed by atoms with van der Waals surface area (Å²) in [5.41, 5.74) is 0.698. The lowest BCUT2D eigenvalue weighted by molar-refractivity contribution is -0.124. The van der Waals surface area contributed by atoms with E-state index in [9.17, 15) is 18.0 Å². The molecule has 1 aromatic carbocycles. The van der Waals surface area contributed by atoms with E-state index in [1.54, 1.807) is 26.8 Å². The number of benzene rings is 1. The van der Waals surface area contributed by atoms with Crippen LogP contribution in [0.4, 0.5) is 0 Å². The molecule has 1 N–H and O–H groups in total. The Hall–Kier alpha value is -1.97. The number of aryl methyl sites for hydroxylation is 1. The summed E-state index contributed by atoms with van der Waals surface area (Å²) in [6, 6.07) is 4.33. The van der Waals surface area contributed by atoms with Gasteiger partial charge >= 0.3 is 5.97 Å². The molecule has 28 heavy (non-hydrogen) atoms. The first-order chi connectivity index (χ1) is 13.3. The van der Waals surface area contributed by atoms with Crippen LogP contribution in [0.15, 0.2) is 23.1 Å². The highest BCUT2D eigenvalue weighted by molar-refractivity contribution is 7.89. The number of carbonyl (C=O) groups excluding carboxylic acids is 2. The number of nitrogens with one attached hydrogen (secondary N) is 1. The highest BCUT2D eigenvalue weighted by Gasteiger charge is 2.24. The number of hydrogen-bond acceptors (Lipinski definition) is 6. The molecule has 8 nitrogen and oxygen atoms in total.